The molecule has 0 fully saturated rings. The van der Waals surface area contributed by atoms with Crippen LogP contribution >= 0.6 is 11.6 Å². The van der Waals surface area contributed by atoms with Gasteiger partial charge in [0.05, 0.1) is 19.8 Å². The topological polar surface area (TPSA) is 86.0 Å². The minimum absolute atomic E-state index is 0.460. The molecule has 3 aromatic rings. The molecule has 6 nitrogen and oxygen atoms in total. The smallest absolute Gasteiger partial charge is 0.181 e. The number of halogens is 1. The van der Waals surface area contributed by atoms with Crippen LogP contribution in [0.1, 0.15) is 24.4 Å². The van der Waals surface area contributed by atoms with Crippen LogP contribution in [0.4, 0.5) is 0 Å². The number of methoxy groups -OCH3 is 1. The van der Waals surface area contributed by atoms with Crippen LogP contribution in [-0.2, 0) is 0 Å². The van der Waals surface area contributed by atoms with Crippen molar-refractivity contribution in [1.82, 2.24) is 15.2 Å². The van der Waals surface area contributed by atoms with Crippen molar-refractivity contribution in [1.29, 1.82) is 0 Å². The molecule has 0 aliphatic heterocycles. The van der Waals surface area contributed by atoms with Crippen LogP contribution < -0.4 is 15.2 Å². The Morgan fingerprint density at radius 2 is 1.92 bits per heavy atom. The summed E-state index contributed by atoms with van der Waals surface area (Å²) in [5.41, 5.74) is 8.04. The number of ether oxygens (including phenoxy) is 2. The first-order valence-corrected chi connectivity index (χ1v) is 8.24. The highest BCUT2D eigenvalue weighted by Crippen LogP contribution is 2.31. The number of aromatic amines is 1. The predicted octanol–water partition coefficient (Wildman–Crippen LogP) is 3.58. The molecule has 0 aliphatic carbocycles. The number of rotatable bonds is 6. The van der Waals surface area contributed by atoms with E-state index in [2.05, 4.69) is 15.2 Å². The van der Waals surface area contributed by atoms with Gasteiger partial charge in [-0.25, -0.2) is 4.98 Å². The van der Waals surface area contributed by atoms with Gasteiger partial charge < -0.3 is 15.2 Å². The fourth-order valence-electron chi connectivity index (χ4n) is 2.45. The number of nitrogens with two attached hydrogens (primary N) is 1. The van der Waals surface area contributed by atoms with Gasteiger partial charge in [0.15, 0.2) is 17.3 Å². The van der Waals surface area contributed by atoms with Gasteiger partial charge in [0.25, 0.3) is 0 Å². The summed E-state index contributed by atoms with van der Waals surface area (Å²) < 4.78 is 10.9. The van der Waals surface area contributed by atoms with Gasteiger partial charge in [-0.3, -0.25) is 5.10 Å². The summed E-state index contributed by atoms with van der Waals surface area (Å²) in [4.78, 5) is 4.49. The molecular formula is C18H19ClN4O2. The van der Waals surface area contributed by atoms with E-state index in [1.807, 2.05) is 37.3 Å². The zero-order valence-electron chi connectivity index (χ0n) is 14.0. The molecule has 0 saturated carbocycles. The summed E-state index contributed by atoms with van der Waals surface area (Å²) in [6, 6.07) is 12.4. The maximum atomic E-state index is 6.33. The van der Waals surface area contributed by atoms with E-state index in [1.54, 1.807) is 19.2 Å². The zero-order chi connectivity index (χ0) is 17.8. The lowest BCUT2D eigenvalue weighted by molar-refractivity contribution is 0.310. The van der Waals surface area contributed by atoms with Crippen molar-refractivity contribution in [3.63, 3.8) is 0 Å². The van der Waals surface area contributed by atoms with Crippen LogP contribution in [0.25, 0.3) is 11.4 Å². The lowest BCUT2D eigenvalue weighted by Crippen LogP contribution is -2.14. The van der Waals surface area contributed by atoms with Gasteiger partial charge in [0.2, 0.25) is 0 Å². The largest absolute Gasteiger partial charge is 0.493 e. The Morgan fingerprint density at radius 1 is 1.16 bits per heavy atom. The second kappa shape index (κ2) is 7.55. The van der Waals surface area contributed by atoms with Crippen molar-refractivity contribution in [3.8, 4) is 22.9 Å². The van der Waals surface area contributed by atoms with Gasteiger partial charge in [0.1, 0.15) is 5.82 Å². The van der Waals surface area contributed by atoms with E-state index in [-0.39, 0.29) is 0 Å². The Bertz CT molecular complexity index is 849. The van der Waals surface area contributed by atoms with Crippen LogP contribution in [0.15, 0.2) is 42.5 Å². The average Bonchev–Trinajstić information content (AvgIpc) is 3.12. The number of H-pyrrole nitrogens is 1. The molecule has 0 aliphatic rings. The Labute approximate surface area is 150 Å². The summed E-state index contributed by atoms with van der Waals surface area (Å²) >= 11 is 5.91. The quantitative estimate of drug-likeness (QED) is 0.703. The van der Waals surface area contributed by atoms with E-state index in [4.69, 9.17) is 26.8 Å². The van der Waals surface area contributed by atoms with E-state index >= 15 is 0 Å². The zero-order valence-corrected chi connectivity index (χ0v) is 14.7. The summed E-state index contributed by atoms with van der Waals surface area (Å²) in [7, 11) is 1.60. The molecule has 0 bridgehead atoms. The van der Waals surface area contributed by atoms with Crippen molar-refractivity contribution in [2.24, 2.45) is 5.73 Å². The minimum atomic E-state index is -0.460. The first kappa shape index (κ1) is 17.3. The lowest BCUT2D eigenvalue weighted by Gasteiger charge is -2.13. The highest BCUT2D eigenvalue weighted by atomic mass is 35.5. The molecule has 2 aromatic carbocycles. The normalized spacial score (nSPS) is 12.0. The lowest BCUT2D eigenvalue weighted by atomic mass is 10.1. The number of hydrogen-bond donors (Lipinski definition) is 2. The SMILES string of the molecule is CCOc1ccc([C@H](N)c2nc(-c3ccc(Cl)cc3)n[nH]2)cc1OC. The number of hydrogen-bond acceptors (Lipinski definition) is 5. The van der Waals surface area contributed by atoms with Gasteiger partial charge in [-0.2, -0.15) is 5.10 Å². The van der Waals surface area contributed by atoms with Gasteiger partial charge in [-0.1, -0.05) is 17.7 Å². The highest BCUT2D eigenvalue weighted by Gasteiger charge is 2.17. The van der Waals surface area contributed by atoms with Gasteiger partial charge in [-0.05, 0) is 48.9 Å². The molecule has 3 rings (SSSR count). The first-order valence-electron chi connectivity index (χ1n) is 7.87. The molecule has 1 aromatic heterocycles. The van der Waals surface area contributed by atoms with E-state index in [1.165, 1.54) is 0 Å². The number of nitrogens with one attached hydrogen (secondary N) is 1. The van der Waals surface area contributed by atoms with Gasteiger partial charge >= 0.3 is 0 Å². The van der Waals surface area contributed by atoms with Crippen molar-refractivity contribution >= 4 is 11.6 Å². The van der Waals surface area contributed by atoms with E-state index < -0.39 is 6.04 Å². The predicted molar refractivity (Wildman–Crippen MR) is 97.0 cm³/mol. The van der Waals surface area contributed by atoms with E-state index in [0.717, 1.165) is 11.1 Å². The third kappa shape index (κ3) is 3.75. The molecule has 1 atom stereocenters. The fourth-order valence-corrected chi connectivity index (χ4v) is 2.58. The maximum Gasteiger partial charge on any atom is 0.181 e. The average molecular weight is 359 g/mol. The standard InChI is InChI=1S/C18H19ClN4O2/c1-3-25-14-9-6-12(10-15(14)24-2)16(20)18-21-17(22-23-18)11-4-7-13(19)8-5-11/h4-10,16H,3,20H2,1-2H3,(H,21,22,23)/t16-/m0/s1. The Hall–Kier alpha value is -2.57. The molecule has 0 radical (unpaired) electrons. The Morgan fingerprint density at radius 3 is 2.60 bits per heavy atom. The molecule has 0 spiro atoms. The number of aromatic nitrogens is 3. The first-order chi connectivity index (χ1) is 12.1. The van der Waals surface area contributed by atoms with Gasteiger partial charge in [0, 0.05) is 10.6 Å². The maximum absolute atomic E-state index is 6.33. The second-order valence-electron chi connectivity index (χ2n) is 5.37. The minimum Gasteiger partial charge on any atom is -0.493 e. The summed E-state index contributed by atoms with van der Waals surface area (Å²) in [5.74, 6) is 2.45. The Kier molecular flexibility index (Phi) is 5.21. The molecule has 7 heteroatoms. The van der Waals surface area contributed by atoms with Crippen molar-refractivity contribution in [2.75, 3.05) is 13.7 Å². The van der Waals surface area contributed by atoms with Crippen molar-refractivity contribution in [3.05, 3.63) is 58.9 Å². The van der Waals surface area contributed by atoms with Crippen LogP contribution in [0.3, 0.4) is 0 Å². The molecule has 0 unspecified atom stereocenters. The summed E-state index contributed by atoms with van der Waals surface area (Å²) in [6.45, 7) is 2.49. The molecule has 25 heavy (non-hydrogen) atoms. The molecule has 0 saturated heterocycles. The second-order valence-corrected chi connectivity index (χ2v) is 5.81. The Balaban J connectivity index is 1.86. The number of nitrogens with zero attached hydrogens (tertiary/aromatic N) is 2. The van der Waals surface area contributed by atoms with Crippen LogP contribution in [-0.4, -0.2) is 28.9 Å². The highest BCUT2D eigenvalue weighted by molar-refractivity contribution is 6.30. The summed E-state index contributed by atoms with van der Waals surface area (Å²) in [6.07, 6.45) is 0. The van der Waals surface area contributed by atoms with Crippen molar-refractivity contribution in [2.45, 2.75) is 13.0 Å². The third-order valence-corrected chi connectivity index (χ3v) is 4.00. The molecular weight excluding hydrogens is 340 g/mol. The molecule has 3 N–H and O–H groups in total. The van der Waals surface area contributed by atoms with E-state index in [0.29, 0.717) is 34.8 Å². The molecule has 1 heterocycles. The van der Waals surface area contributed by atoms with Gasteiger partial charge in [-0.15, -0.1) is 0 Å². The molecule has 0 amide bonds. The van der Waals surface area contributed by atoms with Crippen molar-refractivity contribution < 1.29 is 9.47 Å². The monoisotopic (exact) mass is 358 g/mol. The van der Waals surface area contributed by atoms with E-state index in [9.17, 15) is 0 Å². The van der Waals surface area contributed by atoms with Crippen LogP contribution in [0, 0.1) is 0 Å². The van der Waals surface area contributed by atoms with Crippen LogP contribution in [0.2, 0.25) is 5.02 Å². The third-order valence-electron chi connectivity index (χ3n) is 3.75. The summed E-state index contributed by atoms with van der Waals surface area (Å²) in [5, 5.41) is 7.80. The number of benzene rings is 2. The van der Waals surface area contributed by atoms with Crippen LogP contribution in [0.5, 0.6) is 11.5 Å². The molecule has 130 valence electrons. The fraction of sp³-hybridized carbons (Fsp3) is 0.222.